The molecule has 0 amide bonds. The molecule has 5 heteroatoms. The van der Waals surface area contributed by atoms with Crippen molar-refractivity contribution in [3.63, 3.8) is 0 Å². The summed E-state index contributed by atoms with van der Waals surface area (Å²) >= 11 is 0. The molecule has 1 aromatic carbocycles. The lowest BCUT2D eigenvalue weighted by Crippen LogP contribution is -2.34. The van der Waals surface area contributed by atoms with Crippen LogP contribution in [0.4, 0.5) is 0 Å². The van der Waals surface area contributed by atoms with E-state index in [1.807, 2.05) is 38.1 Å². The highest BCUT2D eigenvalue weighted by atomic mass is 16.5. The van der Waals surface area contributed by atoms with Crippen LogP contribution in [-0.2, 0) is 0 Å². The van der Waals surface area contributed by atoms with E-state index in [-0.39, 0.29) is 6.61 Å². The van der Waals surface area contributed by atoms with Crippen molar-refractivity contribution in [3.05, 3.63) is 30.7 Å². The SMILES string of the molecule is CCC(O)(CC)COc1ccccc1-c1nnco1. The van der Waals surface area contributed by atoms with Gasteiger partial charge in [-0.3, -0.25) is 0 Å². The molecule has 1 heterocycles. The number of para-hydroxylation sites is 1. The number of hydrogen-bond donors (Lipinski definition) is 1. The Kier molecular flexibility index (Phi) is 4.16. The Morgan fingerprint density at radius 2 is 2.00 bits per heavy atom. The zero-order chi connectivity index (χ0) is 13.7. The first-order valence-corrected chi connectivity index (χ1v) is 6.39. The minimum absolute atomic E-state index is 0.241. The van der Waals surface area contributed by atoms with E-state index in [4.69, 9.17) is 9.15 Å². The predicted octanol–water partition coefficient (Wildman–Crippen LogP) is 2.67. The van der Waals surface area contributed by atoms with Crippen molar-refractivity contribution < 1.29 is 14.3 Å². The van der Waals surface area contributed by atoms with E-state index in [2.05, 4.69) is 10.2 Å². The monoisotopic (exact) mass is 262 g/mol. The highest BCUT2D eigenvalue weighted by Gasteiger charge is 2.24. The maximum atomic E-state index is 10.2. The maximum Gasteiger partial charge on any atom is 0.251 e. The molecule has 0 saturated carbocycles. The van der Waals surface area contributed by atoms with Gasteiger partial charge in [-0.25, -0.2) is 0 Å². The number of benzene rings is 1. The second-order valence-electron chi connectivity index (χ2n) is 4.46. The molecule has 19 heavy (non-hydrogen) atoms. The summed E-state index contributed by atoms with van der Waals surface area (Å²) in [4.78, 5) is 0. The predicted molar refractivity (Wildman–Crippen MR) is 70.8 cm³/mol. The number of ether oxygens (including phenoxy) is 1. The number of aromatic nitrogens is 2. The molecule has 0 fully saturated rings. The highest BCUT2D eigenvalue weighted by Crippen LogP contribution is 2.29. The fraction of sp³-hybridized carbons (Fsp3) is 0.429. The molecule has 2 rings (SSSR count). The van der Waals surface area contributed by atoms with Crippen molar-refractivity contribution in [2.24, 2.45) is 0 Å². The first-order chi connectivity index (χ1) is 9.18. The Morgan fingerprint density at radius 3 is 2.63 bits per heavy atom. The van der Waals surface area contributed by atoms with Crippen LogP contribution in [0.25, 0.3) is 11.5 Å². The molecule has 0 unspecified atom stereocenters. The molecule has 0 saturated heterocycles. The van der Waals surface area contributed by atoms with Crippen LogP contribution < -0.4 is 4.74 Å². The van der Waals surface area contributed by atoms with Crippen LogP contribution in [-0.4, -0.2) is 27.5 Å². The fourth-order valence-corrected chi connectivity index (χ4v) is 1.73. The van der Waals surface area contributed by atoms with Crippen LogP contribution in [0.5, 0.6) is 5.75 Å². The molecule has 102 valence electrons. The summed E-state index contributed by atoms with van der Waals surface area (Å²) < 4.78 is 10.9. The van der Waals surface area contributed by atoms with Crippen molar-refractivity contribution in [2.45, 2.75) is 32.3 Å². The van der Waals surface area contributed by atoms with Gasteiger partial charge in [0, 0.05) is 0 Å². The van der Waals surface area contributed by atoms with E-state index in [0.717, 1.165) is 5.56 Å². The van der Waals surface area contributed by atoms with Crippen LogP contribution in [0.2, 0.25) is 0 Å². The molecule has 1 N–H and O–H groups in total. The van der Waals surface area contributed by atoms with Gasteiger partial charge in [-0.15, -0.1) is 10.2 Å². The van der Waals surface area contributed by atoms with Gasteiger partial charge < -0.3 is 14.3 Å². The molecule has 5 nitrogen and oxygen atoms in total. The van der Waals surface area contributed by atoms with E-state index in [1.54, 1.807) is 0 Å². The molecule has 0 spiro atoms. The summed E-state index contributed by atoms with van der Waals surface area (Å²) in [6.07, 6.45) is 2.57. The largest absolute Gasteiger partial charge is 0.490 e. The molecular formula is C14H18N2O3. The zero-order valence-corrected chi connectivity index (χ0v) is 11.2. The summed E-state index contributed by atoms with van der Waals surface area (Å²) in [5, 5.41) is 17.8. The normalized spacial score (nSPS) is 11.5. The van der Waals surface area contributed by atoms with Crippen LogP contribution in [0.1, 0.15) is 26.7 Å². The third-order valence-corrected chi connectivity index (χ3v) is 3.29. The molecule has 1 aromatic heterocycles. The molecular weight excluding hydrogens is 244 g/mol. The van der Waals surface area contributed by atoms with Gasteiger partial charge in [0.2, 0.25) is 6.39 Å². The van der Waals surface area contributed by atoms with Gasteiger partial charge in [-0.2, -0.15) is 0 Å². The summed E-state index contributed by atoms with van der Waals surface area (Å²) in [6, 6.07) is 7.41. The lowest BCUT2D eigenvalue weighted by molar-refractivity contribution is -0.0112. The number of nitrogens with zero attached hydrogens (tertiary/aromatic N) is 2. The van der Waals surface area contributed by atoms with Gasteiger partial charge in [0.25, 0.3) is 5.89 Å². The average molecular weight is 262 g/mol. The van der Waals surface area contributed by atoms with Crippen LogP contribution in [0.15, 0.2) is 35.1 Å². The summed E-state index contributed by atoms with van der Waals surface area (Å²) in [6.45, 7) is 4.12. The summed E-state index contributed by atoms with van der Waals surface area (Å²) in [7, 11) is 0. The lowest BCUT2D eigenvalue weighted by atomic mass is 9.99. The minimum Gasteiger partial charge on any atom is -0.490 e. The standard InChI is InChI=1S/C14H18N2O3/c1-3-14(17,4-2)9-18-12-8-6-5-7-11(12)13-16-15-10-19-13/h5-8,10,17H,3-4,9H2,1-2H3. The zero-order valence-electron chi connectivity index (χ0n) is 11.2. The Hall–Kier alpha value is -1.88. The second kappa shape index (κ2) is 5.84. The molecule has 2 aromatic rings. The van der Waals surface area contributed by atoms with Crippen LogP contribution in [0, 0.1) is 0 Å². The molecule has 0 bridgehead atoms. The highest BCUT2D eigenvalue weighted by molar-refractivity contribution is 5.62. The molecule has 0 aliphatic heterocycles. The first-order valence-electron chi connectivity index (χ1n) is 6.39. The van der Waals surface area contributed by atoms with Gasteiger partial charge in [-0.05, 0) is 25.0 Å². The van der Waals surface area contributed by atoms with Gasteiger partial charge in [0.05, 0.1) is 11.2 Å². The van der Waals surface area contributed by atoms with Gasteiger partial charge >= 0.3 is 0 Å². The third-order valence-electron chi connectivity index (χ3n) is 3.29. The quantitative estimate of drug-likeness (QED) is 0.866. The van der Waals surface area contributed by atoms with Crippen molar-refractivity contribution in [1.29, 1.82) is 0 Å². The third kappa shape index (κ3) is 3.12. The fourth-order valence-electron chi connectivity index (χ4n) is 1.73. The Balaban J connectivity index is 2.17. The van der Waals surface area contributed by atoms with Crippen molar-refractivity contribution >= 4 is 0 Å². The summed E-state index contributed by atoms with van der Waals surface area (Å²) in [5.74, 6) is 1.04. The maximum absolute atomic E-state index is 10.2. The summed E-state index contributed by atoms with van der Waals surface area (Å²) in [5.41, 5.74) is -0.0725. The molecule has 0 aliphatic rings. The van der Waals surface area contributed by atoms with E-state index >= 15 is 0 Å². The van der Waals surface area contributed by atoms with Gasteiger partial charge in [0.15, 0.2) is 0 Å². The number of rotatable bonds is 6. The van der Waals surface area contributed by atoms with E-state index in [0.29, 0.717) is 24.5 Å². The lowest BCUT2D eigenvalue weighted by Gasteiger charge is -2.25. The number of aliphatic hydroxyl groups is 1. The van der Waals surface area contributed by atoms with E-state index in [1.165, 1.54) is 6.39 Å². The minimum atomic E-state index is -0.804. The number of hydrogen-bond acceptors (Lipinski definition) is 5. The van der Waals surface area contributed by atoms with Crippen LogP contribution in [0.3, 0.4) is 0 Å². The first kappa shape index (κ1) is 13.5. The van der Waals surface area contributed by atoms with Crippen molar-refractivity contribution in [2.75, 3.05) is 6.61 Å². The topological polar surface area (TPSA) is 68.4 Å². The molecule has 0 radical (unpaired) electrons. The molecule has 0 atom stereocenters. The smallest absolute Gasteiger partial charge is 0.251 e. The van der Waals surface area contributed by atoms with Gasteiger partial charge in [-0.1, -0.05) is 26.0 Å². The van der Waals surface area contributed by atoms with Gasteiger partial charge in [0.1, 0.15) is 12.4 Å². The van der Waals surface area contributed by atoms with E-state index in [9.17, 15) is 5.11 Å². The van der Waals surface area contributed by atoms with Crippen molar-refractivity contribution in [1.82, 2.24) is 10.2 Å². The Bertz CT molecular complexity index is 507. The average Bonchev–Trinajstić information content (AvgIpc) is 2.99. The Labute approximate surface area is 112 Å². The second-order valence-corrected chi connectivity index (χ2v) is 4.46. The van der Waals surface area contributed by atoms with E-state index < -0.39 is 5.60 Å². The Morgan fingerprint density at radius 1 is 1.26 bits per heavy atom. The van der Waals surface area contributed by atoms with Crippen molar-refractivity contribution in [3.8, 4) is 17.2 Å². The van der Waals surface area contributed by atoms with Crippen LogP contribution >= 0.6 is 0 Å². The molecule has 0 aliphatic carbocycles.